The summed E-state index contributed by atoms with van der Waals surface area (Å²) >= 11 is 5.91. The van der Waals surface area contributed by atoms with Gasteiger partial charge in [0.1, 0.15) is 0 Å². The van der Waals surface area contributed by atoms with Crippen molar-refractivity contribution >= 4 is 28.2 Å². The Labute approximate surface area is 144 Å². The lowest BCUT2D eigenvalue weighted by Gasteiger charge is -2.06. The third-order valence-electron chi connectivity index (χ3n) is 4.16. The van der Waals surface area contributed by atoms with Crippen molar-refractivity contribution in [1.82, 2.24) is 4.98 Å². The van der Waals surface area contributed by atoms with Crippen molar-refractivity contribution in [3.8, 4) is 11.1 Å². The van der Waals surface area contributed by atoms with Crippen molar-refractivity contribution in [3.05, 3.63) is 95.3 Å². The van der Waals surface area contributed by atoms with Gasteiger partial charge in [-0.15, -0.1) is 0 Å². The number of aromatic nitrogens is 1. The van der Waals surface area contributed by atoms with Gasteiger partial charge in [0.2, 0.25) is 0 Å². The molecule has 116 valence electrons. The van der Waals surface area contributed by atoms with Gasteiger partial charge in [0.05, 0.1) is 0 Å². The van der Waals surface area contributed by atoms with Gasteiger partial charge in [0.15, 0.2) is 5.78 Å². The first kappa shape index (κ1) is 14.7. The zero-order valence-electron chi connectivity index (χ0n) is 12.8. The third-order valence-corrected chi connectivity index (χ3v) is 4.41. The standard InChI is InChI=1S/C21H14ClNO/c22-18-9-7-15(8-10-18)21(24)20-13-23-12-19(20)17-6-5-14-3-1-2-4-16(14)11-17/h1-13,23H. The zero-order chi connectivity index (χ0) is 16.5. The number of carbonyl (C=O) groups excluding carboxylic acids is 1. The molecule has 2 nitrogen and oxygen atoms in total. The molecular formula is C21H14ClNO. The molecule has 0 unspecified atom stereocenters. The van der Waals surface area contributed by atoms with Crippen molar-refractivity contribution in [2.75, 3.05) is 0 Å². The van der Waals surface area contributed by atoms with Gasteiger partial charge in [-0.1, -0.05) is 48.0 Å². The lowest BCUT2D eigenvalue weighted by atomic mass is 9.96. The highest BCUT2D eigenvalue weighted by atomic mass is 35.5. The fourth-order valence-electron chi connectivity index (χ4n) is 2.90. The molecule has 0 saturated heterocycles. The predicted octanol–water partition coefficient (Wildman–Crippen LogP) is 5.72. The summed E-state index contributed by atoms with van der Waals surface area (Å²) in [6, 6.07) is 21.4. The van der Waals surface area contributed by atoms with E-state index in [2.05, 4.69) is 29.2 Å². The van der Waals surface area contributed by atoms with Gasteiger partial charge < -0.3 is 4.98 Å². The van der Waals surface area contributed by atoms with Crippen LogP contribution in [-0.2, 0) is 0 Å². The number of nitrogens with one attached hydrogen (secondary N) is 1. The van der Waals surface area contributed by atoms with E-state index >= 15 is 0 Å². The number of benzene rings is 3. The topological polar surface area (TPSA) is 32.9 Å². The average Bonchev–Trinajstić information content (AvgIpc) is 3.11. The van der Waals surface area contributed by atoms with Gasteiger partial charge in [0.25, 0.3) is 0 Å². The minimum Gasteiger partial charge on any atom is -0.366 e. The van der Waals surface area contributed by atoms with E-state index in [1.165, 1.54) is 5.39 Å². The number of H-pyrrole nitrogens is 1. The van der Waals surface area contributed by atoms with Crippen molar-refractivity contribution in [2.45, 2.75) is 0 Å². The first-order valence-electron chi connectivity index (χ1n) is 7.68. The molecule has 0 atom stereocenters. The molecule has 1 N–H and O–H groups in total. The molecule has 3 aromatic carbocycles. The molecule has 0 radical (unpaired) electrons. The smallest absolute Gasteiger partial charge is 0.195 e. The number of carbonyl (C=O) groups is 1. The van der Waals surface area contributed by atoms with E-state index < -0.39 is 0 Å². The minimum absolute atomic E-state index is 0.0175. The summed E-state index contributed by atoms with van der Waals surface area (Å²) in [5, 5.41) is 2.96. The first-order valence-corrected chi connectivity index (χ1v) is 8.06. The fourth-order valence-corrected chi connectivity index (χ4v) is 3.03. The van der Waals surface area contributed by atoms with E-state index in [4.69, 9.17) is 11.6 Å². The SMILES string of the molecule is O=C(c1ccc(Cl)cc1)c1c[nH]cc1-c1ccc2ccccc2c1. The maximum Gasteiger partial charge on any atom is 0.195 e. The lowest BCUT2D eigenvalue weighted by molar-refractivity contribution is 0.103. The van der Waals surface area contributed by atoms with Crippen LogP contribution in [0.15, 0.2) is 79.1 Å². The Morgan fingerprint density at radius 3 is 2.38 bits per heavy atom. The number of halogens is 1. The Hall–Kier alpha value is -2.84. The van der Waals surface area contributed by atoms with Crippen LogP contribution in [0.25, 0.3) is 21.9 Å². The van der Waals surface area contributed by atoms with Crippen LogP contribution in [0.2, 0.25) is 5.02 Å². The summed E-state index contributed by atoms with van der Waals surface area (Å²) in [7, 11) is 0. The van der Waals surface area contributed by atoms with Crippen LogP contribution in [0.3, 0.4) is 0 Å². The normalized spacial score (nSPS) is 10.9. The van der Waals surface area contributed by atoms with E-state index in [0.29, 0.717) is 16.1 Å². The van der Waals surface area contributed by atoms with Gasteiger partial charge in [-0.3, -0.25) is 4.79 Å². The maximum atomic E-state index is 12.8. The fraction of sp³-hybridized carbons (Fsp3) is 0. The van der Waals surface area contributed by atoms with Crippen LogP contribution < -0.4 is 0 Å². The van der Waals surface area contributed by atoms with Crippen molar-refractivity contribution in [2.24, 2.45) is 0 Å². The molecule has 0 fully saturated rings. The summed E-state index contributed by atoms with van der Waals surface area (Å²) in [5.41, 5.74) is 3.21. The van der Waals surface area contributed by atoms with Crippen molar-refractivity contribution in [3.63, 3.8) is 0 Å². The highest BCUT2D eigenvalue weighted by molar-refractivity contribution is 6.30. The molecule has 4 rings (SSSR count). The number of hydrogen-bond donors (Lipinski definition) is 1. The van der Waals surface area contributed by atoms with Crippen molar-refractivity contribution < 1.29 is 4.79 Å². The number of fused-ring (bicyclic) bond motifs is 1. The monoisotopic (exact) mass is 331 g/mol. The summed E-state index contributed by atoms with van der Waals surface area (Å²) in [4.78, 5) is 15.9. The Bertz CT molecular complexity index is 1030. The Balaban J connectivity index is 1.78. The van der Waals surface area contributed by atoms with Crippen LogP contribution in [-0.4, -0.2) is 10.8 Å². The summed E-state index contributed by atoms with van der Waals surface area (Å²) in [6.07, 6.45) is 3.62. The third kappa shape index (κ3) is 2.61. The Morgan fingerprint density at radius 1 is 0.833 bits per heavy atom. The summed E-state index contributed by atoms with van der Waals surface area (Å²) in [5.74, 6) is -0.0175. The van der Waals surface area contributed by atoms with E-state index in [1.807, 2.05) is 24.4 Å². The van der Waals surface area contributed by atoms with E-state index in [9.17, 15) is 4.79 Å². The number of hydrogen-bond acceptors (Lipinski definition) is 1. The molecule has 24 heavy (non-hydrogen) atoms. The van der Waals surface area contributed by atoms with Gasteiger partial charge in [-0.2, -0.15) is 0 Å². The molecule has 1 heterocycles. The van der Waals surface area contributed by atoms with Gasteiger partial charge in [0, 0.05) is 34.1 Å². The number of rotatable bonds is 3. The minimum atomic E-state index is -0.0175. The second kappa shape index (κ2) is 5.99. The van der Waals surface area contributed by atoms with Gasteiger partial charge >= 0.3 is 0 Å². The lowest BCUT2D eigenvalue weighted by Crippen LogP contribution is -2.01. The molecule has 0 saturated carbocycles. The second-order valence-corrected chi connectivity index (χ2v) is 6.12. The molecule has 4 aromatic rings. The molecule has 1 aromatic heterocycles. The average molecular weight is 332 g/mol. The highest BCUT2D eigenvalue weighted by Crippen LogP contribution is 2.28. The molecule has 0 aliphatic rings. The summed E-state index contributed by atoms with van der Waals surface area (Å²) in [6.45, 7) is 0. The van der Waals surface area contributed by atoms with Crippen LogP contribution in [0.4, 0.5) is 0 Å². The molecular weight excluding hydrogens is 318 g/mol. The quantitative estimate of drug-likeness (QED) is 0.478. The molecule has 0 aliphatic carbocycles. The first-order chi connectivity index (χ1) is 11.7. The second-order valence-electron chi connectivity index (χ2n) is 5.68. The van der Waals surface area contributed by atoms with Crippen LogP contribution in [0.1, 0.15) is 15.9 Å². The van der Waals surface area contributed by atoms with E-state index in [-0.39, 0.29) is 5.78 Å². The summed E-state index contributed by atoms with van der Waals surface area (Å²) < 4.78 is 0. The van der Waals surface area contributed by atoms with Crippen LogP contribution >= 0.6 is 11.6 Å². The van der Waals surface area contributed by atoms with E-state index in [0.717, 1.165) is 16.5 Å². The molecule has 0 spiro atoms. The van der Waals surface area contributed by atoms with E-state index in [1.54, 1.807) is 30.5 Å². The Kier molecular flexibility index (Phi) is 3.68. The van der Waals surface area contributed by atoms with Gasteiger partial charge in [-0.25, -0.2) is 0 Å². The molecule has 0 amide bonds. The predicted molar refractivity (Wildman–Crippen MR) is 98.6 cm³/mol. The highest BCUT2D eigenvalue weighted by Gasteiger charge is 2.16. The van der Waals surface area contributed by atoms with Crippen molar-refractivity contribution in [1.29, 1.82) is 0 Å². The van der Waals surface area contributed by atoms with Crippen LogP contribution in [0.5, 0.6) is 0 Å². The Morgan fingerprint density at radius 2 is 1.58 bits per heavy atom. The maximum absolute atomic E-state index is 12.8. The molecule has 0 bridgehead atoms. The van der Waals surface area contributed by atoms with Gasteiger partial charge in [-0.05, 0) is 46.7 Å². The molecule has 3 heteroatoms. The van der Waals surface area contributed by atoms with Crippen LogP contribution in [0, 0.1) is 0 Å². The largest absolute Gasteiger partial charge is 0.366 e. The zero-order valence-corrected chi connectivity index (χ0v) is 13.5. The number of aromatic amines is 1. The molecule has 0 aliphatic heterocycles. The number of ketones is 1.